The third-order valence-electron chi connectivity index (χ3n) is 3.54. The maximum absolute atomic E-state index is 9.58. The van der Waals surface area contributed by atoms with E-state index < -0.39 is 0 Å². The zero-order valence-electron chi connectivity index (χ0n) is 11.0. The second kappa shape index (κ2) is 5.77. The van der Waals surface area contributed by atoms with Crippen LogP contribution in [0.5, 0.6) is 0 Å². The topological polar surface area (TPSA) is 49.2 Å². The Labute approximate surface area is 123 Å². The van der Waals surface area contributed by atoms with E-state index in [9.17, 15) is 5.11 Å². The minimum absolute atomic E-state index is 0.197. The minimum atomic E-state index is -0.197. The fraction of sp³-hybridized carbons (Fsp3) is 0.333. The lowest BCUT2D eigenvalue weighted by Gasteiger charge is -2.30. The van der Waals surface area contributed by atoms with E-state index in [0.29, 0.717) is 0 Å². The molecule has 3 rings (SSSR count). The molecule has 104 valence electrons. The van der Waals surface area contributed by atoms with Gasteiger partial charge in [0.15, 0.2) is 0 Å². The summed E-state index contributed by atoms with van der Waals surface area (Å²) in [4.78, 5) is 10.7. The summed E-state index contributed by atoms with van der Waals surface area (Å²) in [6, 6.07) is 11.9. The van der Waals surface area contributed by atoms with Crippen molar-refractivity contribution in [1.29, 1.82) is 0 Å². The molecule has 1 aromatic carbocycles. The summed E-state index contributed by atoms with van der Waals surface area (Å²) in [7, 11) is 0. The Hall–Kier alpha value is -1.65. The van der Waals surface area contributed by atoms with Crippen molar-refractivity contribution in [3.63, 3.8) is 0 Å². The Morgan fingerprint density at radius 1 is 1.10 bits per heavy atom. The highest BCUT2D eigenvalue weighted by Gasteiger charge is 2.19. The monoisotopic (exact) mass is 289 g/mol. The highest BCUT2D eigenvalue weighted by Crippen LogP contribution is 2.25. The Balaban J connectivity index is 1.91. The van der Waals surface area contributed by atoms with Gasteiger partial charge in [-0.3, -0.25) is 0 Å². The van der Waals surface area contributed by atoms with Crippen LogP contribution in [0.2, 0.25) is 5.28 Å². The van der Waals surface area contributed by atoms with Crippen LogP contribution in [-0.2, 0) is 0 Å². The second-order valence-corrected chi connectivity index (χ2v) is 5.30. The van der Waals surface area contributed by atoms with Gasteiger partial charge in [0.1, 0.15) is 5.82 Å². The number of aliphatic hydroxyl groups excluding tert-OH is 1. The van der Waals surface area contributed by atoms with Crippen LogP contribution in [0.15, 0.2) is 36.4 Å². The van der Waals surface area contributed by atoms with Gasteiger partial charge in [-0.15, -0.1) is 0 Å². The maximum Gasteiger partial charge on any atom is 0.224 e. The van der Waals surface area contributed by atoms with E-state index in [1.165, 1.54) is 0 Å². The van der Waals surface area contributed by atoms with Crippen molar-refractivity contribution in [2.75, 3.05) is 18.0 Å². The average molecular weight is 290 g/mol. The first-order valence-electron chi connectivity index (χ1n) is 6.75. The van der Waals surface area contributed by atoms with Gasteiger partial charge in [0.25, 0.3) is 0 Å². The third kappa shape index (κ3) is 2.92. The minimum Gasteiger partial charge on any atom is -0.393 e. The molecule has 1 saturated heterocycles. The number of nitrogens with zero attached hydrogens (tertiary/aromatic N) is 3. The van der Waals surface area contributed by atoms with Gasteiger partial charge in [0.2, 0.25) is 5.28 Å². The van der Waals surface area contributed by atoms with Crippen molar-refractivity contribution in [1.82, 2.24) is 9.97 Å². The van der Waals surface area contributed by atoms with Gasteiger partial charge in [0, 0.05) is 24.7 Å². The van der Waals surface area contributed by atoms with E-state index >= 15 is 0 Å². The molecule has 1 N–H and O–H groups in total. The summed E-state index contributed by atoms with van der Waals surface area (Å²) in [6.45, 7) is 1.59. The number of rotatable bonds is 2. The summed E-state index contributed by atoms with van der Waals surface area (Å²) in [5.74, 6) is 0.829. The lowest BCUT2D eigenvalue weighted by molar-refractivity contribution is 0.145. The van der Waals surface area contributed by atoms with Crippen LogP contribution in [-0.4, -0.2) is 34.3 Å². The fourth-order valence-corrected chi connectivity index (χ4v) is 2.60. The Morgan fingerprint density at radius 3 is 2.50 bits per heavy atom. The Morgan fingerprint density at radius 2 is 1.80 bits per heavy atom. The highest BCUT2D eigenvalue weighted by molar-refractivity contribution is 6.28. The lowest BCUT2D eigenvalue weighted by Crippen LogP contribution is -2.36. The molecule has 0 unspecified atom stereocenters. The normalized spacial score (nSPS) is 16.4. The van der Waals surface area contributed by atoms with Crippen LogP contribution >= 0.6 is 11.6 Å². The quantitative estimate of drug-likeness (QED) is 0.864. The van der Waals surface area contributed by atoms with Crippen molar-refractivity contribution in [2.45, 2.75) is 18.9 Å². The summed E-state index contributed by atoms with van der Waals surface area (Å²) in [5, 5.41) is 9.83. The molecule has 5 heteroatoms. The lowest BCUT2D eigenvalue weighted by atomic mass is 10.1. The molecular formula is C15H16ClN3O. The van der Waals surface area contributed by atoms with Crippen LogP contribution in [0.25, 0.3) is 11.3 Å². The molecule has 0 spiro atoms. The molecule has 0 atom stereocenters. The molecule has 0 aliphatic carbocycles. The van der Waals surface area contributed by atoms with Crippen molar-refractivity contribution in [3.05, 3.63) is 41.7 Å². The highest BCUT2D eigenvalue weighted by atomic mass is 35.5. The number of aliphatic hydroxyl groups is 1. The van der Waals surface area contributed by atoms with Crippen molar-refractivity contribution in [2.24, 2.45) is 0 Å². The largest absolute Gasteiger partial charge is 0.393 e. The molecule has 0 bridgehead atoms. The molecule has 1 fully saturated rings. The SMILES string of the molecule is OC1CCN(c2cc(-c3ccccc3)nc(Cl)n2)CC1. The van der Waals surface area contributed by atoms with Crippen LogP contribution in [0.1, 0.15) is 12.8 Å². The molecule has 0 saturated carbocycles. The van der Waals surface area contributed by atoms with Gasteiger partial charge in [-0.05, 0) is 24.4 Å². The molecule has 1 aliphatic rings. The molecule has 0 radical (unpaired) electrons. The first-order chi connectivity index (χ1) is 9.72. The van der Waals surface area contributed by atoms with Crippen molar-refractivity contribution < 1.29 is 5.11 Å². The number of hydrogen-bond donors (Lipinski definition) is 1. The smallest absolute Gasteiger partial charge is 0.224 e. The van der Waals surface area contributed by atoms with E-state index in [-0.39, 0.29) is 11.4 Å². The van der Waals surface area contributed by atoms with E-state index in [2.05, 4.69) is 14.9 Å². The Kier molecular flexibility index (Phi) is 3.85. The molecule has 4 nitrogen and oxygen atoms in total. The molecule has 2 aromatic rings. The molecule has 0 amide bonds. The van der Waals surface area contributed by atoms with Crippen LogP contribution in [0.4, 0.5) is 5.82 Å². The number of piperidine rings is 1. The van der Waals surface area contributed by atoms with Gasteiger partial charge in [-0.2, -0.15) is 0 Å². The summed E-state index contributed by atoms with van der Waals surface area (Å²) in [6.07, 6.45) is 1.34. The zero-order chi connectivity index (χ0) is 13.9. The van der Waals surface area contributed by atoms with E-state index in [1.54, 1.807) is 0 Å². The van der Waals surface area contributed by atoms with Crippen LogP contribution < -0.4 is 4.90 Å². The fourth-order valence-electron chi connectivity index (χ4n) is 2.42. The predicted molar refractivity (Wildman–Crippen MR) is 79.9 cm³/mol. The molecular weight excluding hydrogens is 274 g/mol. The van der Waals surface area contributed by atoms with Crippen molar-refractivity contribution in [3.8, 4) is 11.3 Å². The standard InChI is InChI=1S/C15H16ClN3O/c16-15-17-13(11-4-2-1-3-5-11)10-14(18-15)19-8-6-12(20)7-9-19/h1-5,10,12,20H,6-9H2. The Bertz CT molecular complexity index is 583. The number of anilines is 1. The maximum atomic E-state index is 9.58. The van der Waals surface area contributed by atoms with Crippen LogP contribution in [0, 0.1) is 0 Å². The van der Waals surface area contributed by atoms with Gasteiger partial charge in [-0.25, -0.2) is 9.97 Å². The van der Waals surface area contributed by atoms with E-state index in [0.717, 1.165) is 43.0 Å². The van der Waals surface area contributed by atoms with Gasteiger partial charge in [0.05, 0.1) is 11.8 Å². The molecule has 20 heavy (non-hydrogen) atoms. The first-order valence-corrected chi connectivity index (χ1v) is 7.13. The second-order valence-electron chi connectivity index (χ2n) is 4.96. The average Bonchev–Trinajstić information content (AvgIpc) is 2.48. The zero-order valence-corrected chi connectivity index (χ0v) is 11.8. The van der Waals surface area contributed by atoms with Gasteiger partial charge in [-0.1, -0.05) is 30.3 Å². The first kappa shape index (κ1) is 13.3. The number of halogens is 1. The van der Waals surface area contributed by atoms with Gasteiger partial charge >= 0.3 is 0 Å². The number of benzene rings is 1. The molecule has 1 aromatic heterocycles. The molecule has 2 heterocycles. The van der Waals surface area contributed by atoms with Crippen molar-refractivity contribution >= 4 is 17.4 Å². The summed E-state index contributed by atoms with van der Waals surface area (Å²) < 4.78 is 0. The molecule has 1 aliphatic heterocycles. The van der Waals surface area contributed by atoms with Crippen LogP contribution in [0.3, 0.4) is 0 Å². The third-order valence-corrected chi connectivity index (χ3v) is 3.71. The number of hydrogen-bond acceptors (Lipinski definition) is 4. The number of aromatic nitrogens is 2. The predicted octanol–water partition coefficient (Wildman–Crippen LogP) is 2.76. The van der Waals surface area contributed by atoms with Gasteiger partial charge < -0.3 is 10.0 Å². The summed E-state index contributed by atoms with van der Waals surface area (Å²) in [5.41, 5.74) is 1.85. The van der Waals surface area contributed by atoms with E-state index in [1.807, 2.05) is 36.4 Å². The van der Waals surface area contributed by atoms with E-state index in [4.69, 9.17) is 11.6 Å². The summed E-state index contributed by atoms with van der Waals surface area (Å²) >= 11 is 6.05.